The number of amides is 2. The minimum absolute atomic E-state index is 0.00968. The molecule has 0 radical (unpaired) electrons. The topological polar surface area (TPSA) is 103 Å². The highest BCUT2D eigenvalue weighted by Gasteiger charge is 2.37. The number of carbonyl (C=O) groups is 3. The SMILES string of the molecule is COc1cc(N2CC(C(=O)NC(CC(=O)OC(C)C)c3ccc(C)cc3)CC2=O)cc(OC)c1OC. The van der Waals surface area contributed by atoms with Crippen LogP contribution in [0.25, 0.3) is 0 Å². The van der Waals surface area contributed by atoms with Crippen LogP contribution in [0.1, 0.15) is 43.9 Å². The van der Waals surface area contributed by atoms with Gasteiger partial charge in [-0.05, 0) is 26.3 Å². The minimum Gasteiger partial charge on any atom is -0.493 e. The molecule has 1 heterocycles. The number of nitrogens with one attached hydrogen (secondary N) is 1. The molecule has 2 unspecified atom stereocenters. The van der Waals surface area contributed by atoms with E-state index in [1.807, 2.05) is 31.2 Å². The molecule has 0 spiro atoms. The van der Waals surface area contributed by atoms with Crippen LogP contribution in [0.15, 0.2) is 36.4 Å². The molecule has 9 heteroatoms. The molecule has 0 saturated carbocycles. The molecule has 1 saturated heterocycles. The number of carbonyl (C=O) groups excluding carboxylic acids is 3. The molecule has 0 aromatic heterocycles. The van der Waals surface area contributed by atoms with E-state index in [4.69, 9.17) is 18.9 Å². The third-order valence-corrected chi connectivity index (χ3v) is 5.99. The number of esters is 1. The minimum atomic E-state index is -0.592. The molecule has 1 aliphatic heterocycles. The largest absolute Gasteiger partial charge is 0.493 e. The average molecular weight is 499 g/mol. The van der Waals surface area contributed by atoms with Crippen molar-refractivity contribution in [3.63, 3.8) is 0 Å². The maximum absolute atomic E-state index is 13.3. The highest BCUT2D eigenvalue weighted by molar-refractivity contribution is 6.01. The van der Waals surface area contributed by atoms with E-state index in [0.29, 0.717) is 22.9 Å². The summed E-state index contributed by atoms with van der Waals surface area (Å²) in [6.45, 7) is 5.70. The van der Waals surface area contributed by atoms with Gasteiger partial charge in [0.1, 0.15) is 0 Å². The monoisotopic (exact) mass is 498 g/mol. The molecular formula is C27H34N2O7. The fourth-order valence-corrected chi connectivity index (χ4v) is 4.17. The molecule has 3 rings (SSSR count). The molecule has 9 nitrogen and oxygen atoms in total. The van der Waals surface area contributed by atoms with Gasteiger partial charge in [0.2, 0.25) is 17.6 Å². The Bertz CT molecular complexity index is 1070. The maximum Gasteiger partial charge on any atom is 0.308 e. The Morgan fingerprint density at radius 3 is 2.17 bits per heavy atom. The summed E-state index contributed by atoms with van der Waals surface area (Å²) in [6, 6.07) is 10.4. The fraction of sp³-hybridized carbons (Fsp3) is 0.444. The fourth-order valence-electron chi connectivity index (χ4n) is 4.17. The van der Waals surface area contributed by atoms with Crippen molar-refractivity contribution in [1.29, 1.82) is 0 Å². The van der Waals surface area contributed by atoms with Gasteiger partial charge >= 0.3 is 5.97 Å². The van der Waals surface area contributed by atoms with Crippen LogP contribution in [-0.4, -0.2) is 51.8 Å². The molecule has 194 valence electrons. The molecular weight excluding hydrogens is 464 g/mol. The summed E-state index contributed by atoms with van der Waals surface area (Å²) in [5.74, 6) is -0.259. The summed E-state index contributed by atoms with van der Waals surface area (Å²) in [6.07, 6.45) is -0.226. The number of rotatable bonds is 10. The van der Waals surface area contributed by atoms with Gasteiger partial charge in [-0.1, -0.05) is 29.8 Å². The normalized spacial score (nSPS) is 16.0. The first-order chi connectivity index (χ1) is 17.2. The number of hydrogen-bond donors (Lipinski definition) is 1. The van der Waals surface area contributed by atoms with Crippen molar-refractivity contribution in [3.8, 4) is 17.2 Å². The molecule has 2 amide bonds. The van der Waals surface area contributed by atoms with Crippen molar-refractivity contribution in [2.45, 2.75) is 45.8 Å². The number of methoxy groups -OCH3 is 3. The highest BCUT2D eigenvalue weighted by Crippen LogP contribution is 2.42. The second-order valence-electron chi connectivity index (χ2n) is 9.00. The zero-order chi connectivity index (χ0) is 26.4. The van der Waals surface area contributed by atoms with Gasteiger partial charge in [-0.3, -0.25) is 14.4 Å². The zero-order valence-corrected chi connectivity index (χ0v) is 21.6. The summed E-state index contributed by atoms with van der Waals surface area (Å²) >= 11 is 0. The second-order valence-corrected chi connectivity index (χ2v) is 9.00. The van der Waals surface area contributed by atoms with E-state index in [1.54, 1.807) is 26.0 Å². The van der Waals surface area contributed by atoms with Gasteiger partial charge in [-0.15, -0.1) is 0 Å². The molecule has 1 fully saturated rings. The third kappa shape index (κ3) is 6.27. The molecule has 0 bridgehead atoms. The second kappa shape index (κ2) is 11.8. The lowest BCUT2D eigenvalue weighted by atomic mass is 10.0. The first-order valence-electron chi connectivity index (χ1n) is 11.8. The summed E-state index contributed by atoms with van der Waals surface area (Å²) in [4.78, 5) is 40.1. The van der Waals surface area contributed by atoms with Crippen molar-refractivity contribution in [3.05, 3.63) is 47.5 Å². The number of ether oxygens (including phenoxy) is 4. The number of nitrogens with zero attached hydrogens (tertiary/aromatic N) is 1. The van der Waals surface area contributed by atoms with Gasteiger partial charge < -0.3 is 29.2 Å². The molecule has 1 N–H and O–H groups in total. The molecule has 2 aromatic carbocycles. The Balaban J connectivity index is 1.79. The van der Waals surface area contributed by atoms with Gasteiger partial charge in [0.25, 0.3) is 0 Å². The average Bonchev–Trinajstić information content (AvgIpc) is 3.24. The van der Waals surface area contributed by atoms with E-state index in [2.05, 4.69) is 5.32 Å². The Labute approximate surface area is 211 Å². The molecule has 0 aliphatic carbocycles. The summed E-state index contributed by atoms with van der Waals surface area (Å²) in [5.41, 5.74) is 2.40. The first-order valence-corrected chi connectivity index (χ1v) is 11.8. The summed E-state index contributed by atoms with van der Waals surface area (Å²) < 4.78 is 21.4. The summed E-state index contributed by atoms with van der Waals surface area (Å²) in [5, 5.41) is 2.97. The third-order valence-electron chi connectivity index (χ3n) is 5.99. The maximum atomic E-state index is 13.3. The van der Waals surface area contributed by atoms with E-state index < -0.39 is 17.9 Å². The van der Waals surface area contributed by atoms with Crippen LogP contribution in [0.3, 0.4) is 0 Å². The number of benzene rings is 2. The van der Waals surface area contributed by atoms with Gasteiger partial charge in [-0.2, -0.15) is 0 Å². The van der Waals surface area contributed by atoms with Crippen LogP contribution >= 0.6 is 0 Å². The lowest BCUT2D eigenvalue weighted by Crippen LogP contribution is -2.36. The van der Waals surface area contributed by atoms with E-state index in [9.17, 15) is 14.4 Å². The lowest BCUT2D eigenvalue weighted by molar-refractivity contribution is -0.148. The molecule has 2 aromatic rings. The predicted molar refractivity (Wildman–Crippen MR) is 134 cm³/mol. The Morgan fingerprint density at radius 2 is 1.64 bits per heavy atom. The Morgan fingerprint density at radius 1 is 1.03 bits per heavy atom. The van der Waals surface area contributed by atoms with Crippen LogP contribution in [0.2, 0.25) is 0 Å². The standard InChI is InChI=1S/C27H34N2O7/c1-16(2)36-25(31)14-21(18-9-7-17(3)8-10-18)28-27(32)19-11-24(30)29(15-19)20-12-22(33-4)26(35-6)23(13-20)34-5/h7-10,12-13,16,19,21H,11,14-15H2,1-6H3,(H,28,32). The number of aryl methyl sites for hydroxylation is 1. The smallest absolute Gasteiger partial charge is 0.308 e. The summed E-state index contributed by atoms with van der Waals surface area (Å²) in [7, 11) is 4.50. The van der Waals surface area contributed by atoms with Crippen molar-refractivity contribution < 1.29 is 33.3 Å². The first kappa shape index (κ1) is 26.8. The lowest BCUT2D eigenvalue weighted by Gasteiger charge is -2.22. The van der Waals surface area contributed by atoms with Gasteiger partial charge in [0.05, 0.1) is 51.5 Å². The van der Waals surface area contributed by atoms with E-state index in [-0.39, 0.29) is 37.3 Å². The van der Waals surface area contributed by atoms with Crippen LogP contribution < -0.4 is 24.4 Å². The number of hydrogen-bond acceptors (Lipinski definition) is 7. The quantitative estimate of drug-likeness (QED) is 0.500. The van der Waals surface area contributed by atoms with Crippen LogP contribution in [0.5, 0.6) is 17.2 Å². The van der Waals surface area contributed by atoms with Crippen LogP contribution in [0, 0.1) is 12.8 Å². The Kier molecular flexibility index (Phi) is 8.79. The van der Waals surface area contributed by atoms with Crippen molar-refractivity contribution in [1.82, 2.24) is 5.32 Å². The van der Waals surface area contributed by atoms with Crippen molar-refractivity contribution >= 4 is 23.5 Å². The molecule has 1 aliphatic rings. The van der Waals surface area contributed by atoms with Gasteiger partial charge in [0, 0.05) is 25.1 Å². The molecule has 2 atom stereocenters. The predicted octanol–water partition coefficient (Wildman–Crippen LogP) is 3.57. The van der Waals surface area contributed by atoms with Gasteiger partial charge in [-0.25, -0.2) is 0 Å². The zero-order valence-electron chi connectivity index (χ0n) is 21.6. The van der Waals surface area contributed by atoms with Crippen LogP contribution in [-0.2, 0) is 19.1 Å². The van der Waals surface area contributed by atoms with Crippen LogP contribution in [0.4, 0.5) is 5.69 Å². The van der Waals surface area contributed by atoms with Crippen molar-refractivity contribution in [2.75, 3.05) is 32.8 Å². The van der Waals surface area contributed by atoms with Crippen molar-refractivity contribution in [2.24, 2.45) is 5.92 Å². The van der Waals surface area contributed by atoms with Gasteiger partial charge in [0.15, 0.2) is 11.5 Å². The highest BCUT2D eigenvalue weighted by atomic mass is 16.5. The number of anilines is 1. The molecule has 36 heavy (non-hydrogen) atoms. The Hall–Kier alpha value is -3.75. The van der Waals surface area contributed by atoms with E-state index in [0.717, 1.165) is 11.1 Å². The van der Waals surface area contributed by atoms with E-state index >= 15 is 0 Å². The van der Waals surface area contributed by atoms with E-state index in [1.165, 1.54) is 26.2 Å².